The van der Waals surface area contributed by atoms with Crippen molar-refractivity contribution < 1.29 is 9.53 Å². The second kappa shape index (κ2) is 6.34. The summed E-state index contributed by atoms with van der Waals surface area (Å²) in [5.74, 6) is 0.0541. The minimum atomic E-state index is -0.556. The lowest BCUT2D eigenvalue weighted by atomic mass is 10.2. The van der Waals surface area contributed by atoms with Gasteiger partial charge in [0, 0.05) is 23.3 Å². The number of carbonyl (C=O) groups is 1. The third-order valence-corrected chi connectivity index (χ3v) is 2.82. The first kappa shape index (κ1) is 14.3. The first-order chi connectivity index (χ1) is 9.58. The van der Waals surface area contributed by atoms with Gasteiger partial charge >= 0.3 is 5.97 Å². The van der Waals surface area contributed by atoms with Gasteiger partial charge in [-0.1, -0.05) is 23.7 Å². The Hall–Kier alpha value is -2.14. The molecule has 1 aromatic heterocycles. The van der Waals surface area contributed by atoms with Crippen molar-refractivity contribution in [2.45, 2.75) is 13.5 Å². The van der Waals surface area contributed by atoms with Gasteiger partial charge in [-0.15, -0.1) is 0 Å². The van der Waals surface area contributed by atoms with Crippen LogP contribution >= 0.6 is 11.6 Å². The van der Waals surface area contributed by atoms with E-state index in [0.717, 1.165) is 5.56 Å². The van der Waals surface area contributed by atoms with Crippen LogP contribution in [0.25, 0.3) is 0 Å². The van der Waals surface area contributed by atoms with Crippen LogP contribution in [-0.2, 0) is 11.3 Å². The Labute approximate surface area is 122 Å². The summed E-state index contributed by atoms with van der Waals surface area (Å²) in [6.07, 6.45) is 0. The molecule has 2 rings (SSSR count). The Morgan fingerprint density at radius 2 is 2.15 bits per heavy atom. The summed E-state index contributed by atoms with van der Waals surface area (Å²) in [6.45, 7) is 2.34. The third kappa shape index (κ3) is 3.68. The maximum absolute atomic E-state index is 11.4. The SMILES string of the molecule is COC(=O)c1nc(C)cc(NCc2cccc(Cl)c2)n1. The van der Waals surface area contributed by atoms with Crippen LogP contribution < -0.4 is 5.32 Å². The summed E-state index contributed by atoms with van der Waals surface area (Å²) in [5, 5.41) is 3.81. The number of halogens is 1. The predicted molar refractivity (Wildman–Crippen MR) is 76.9 cm³/mol. The molecule has 0 spiro atoms. The van der Waals surface area contributed by atoms with Crippen LogP contribution in [-0.4, -0.2) is 23.0 Å². The van der Waals surface area contributed by atoms with Crippen LogP contribution in [0.2, 0.25) is 5.02 Å². The highest BCUT2D eigenvalue weighted by Gasteiger charge is 2.11. The van der Waals surface area contributed by atoms with Crippen molar-refractivity contribution in [1.29, 1.82) is 0 Å². The van der Waals surface area contributed by atoms with Crippen LogP contribution in [0, 0.1) is 6.92 Å². The van der Waals surface area contributed by atoms with Crippen molar-refractivity contribution in [3.8, 4) is 0 Å². The molecular weight excluding hydrogens is 278 g/mol. The lowest BCUT2D eigenvalue weighted by Gasteiger charge is -2.08. The number of anilines is 1. The molecule has 0 saturated carbocycles. The summed E-state index contributed by atoms with van der Waals surface area (Å²) in [6, 6.07) is 9.27. The number of esters is 1. The van der Waals surface area contributed by atoms with Crippen molar-refractivity contribution in [1.82, 2.24) is 9.97 Å². The molecule has 0 radical (unpaired) electrons. The average molecular weight is 292 g/mol. The number of aromatic nitrogens is 2. The molecule has 5 nitrogen and oxygen atoms in total. The molecule has 0 fully saturated rings. The molecule has 0 amide bonds. The first-order valence-electron chi connectivity index (χ1n) is 6.01. The zero-order valence-corrected chi connectivity index (χ0v) is 11.9. The average Bonchev–Trinajstić information content (AvgIpc) is 2.44. The predicted octanol–water partition coefficient (Wildman–Crippen LogP) is 2.84. The zero-order chi connectivity index (χ0) is 14.5. The van der Waals surface area contributed by atoms with Gasteiger partial charge in [0.25, 0.3) is 0 Å². The monoisotopic (exact) mass is 291 g/mol. The molecule has 2 aromatic rings. The van der Waals surface area contributed by atoms with E-state index in [0.29, 0.717) is 23.1 Å². The van der Waals surface area contributed by atoms with E-state index in [1.165, 1.54) is 7.11 Å². The van der Waals surface area contributed by atoms with Gasteiger partial charge in [0.05, 0.1) is 7.11 Å². The lowest BCUT2D eigenvalue weighted by Crippen LogP contribution is -2.11. The molecule has 6 heteroatoms. The van der Waals surface area contributed by atoms with Crippen LogP contribution in [0.4, 0.5) is 5.82 Å². The van der Waals surface area contributed by atoms with E-state index in [9.17, 15) is 4.79 Å². The summed E-state index contributed by atoms with van der Waals surface area (Å²) < 4.78 is 4.62. The smallest absolute Gasteiger partial charge is 0.376 e. The van der Waals surface area contributed by atoms with Crippen LogP contribution in [0.3, 0.4) is 0 Å². The van der Waals surface area contributed by atoms with E-state index in [-0.39, 0.29) is 5.82 Å². The Bertz CT molecular complexity index is 632. The fourth-order valence-corrected chi connectivity index (χ4v) is 1.89. The van der Waals surface area contributed by atoms with Gasteiger partial charge in [0.1, 0.15) is 5.82 Å². The molecule has 0 unspecified atom stereocenters. The molecule has 0 aliphatic rings. The summed E-state index contributed by atoms with van der Waals surface area (Å²) in [4.78, 5) is 19.6. The van der Waals surface area contributed by atoms with Crippen molar-refractivity contribution in [2.24, 2.45) is 0 Å². The minimum absolute atomic E-state index is 0.0427. The minimum Gasteiger partial charge on any atom is -0.463 e. The highest BCUT2D eigenvalue weighted by molar-refractivity contribution is 6.30. The van der Waals surface area contributed by atoms with Crippen LogP contribution in [0.15, 0.2) is 30.3 Å². The molecule has 1 N–H and O–H groups in total. The first-order valence-corrected chi connectivity index (χ1v) is 6.38. The summed E-state index contributed by atoms with van der Waals surface area (Å²) in [7, 11) is 1.30. The van der Waals surface area contributed by atoms with E-state index in [1.54, 1.807) is 13.0 Å². The molecule has 1 aromatic carbocycles. The molecule has 20 heavy (non-hydrogen) atoms. The number of hydrogen-bond acceptors (Lipinski definition) is 5. The highest BCUT2D eigenvalue weighted by atomic mass is 35.5. The maximum atomic E-state index is 11.4. The number of methoxy groups -OCH3 is 1. The van der Waals surface area contributed by atoms with E-state index in [1.807, 2.05) is 24.3 Å². The number of carbonyl (C=O) groups excluding carboxylic acids is 1. The Morgan fingerprint density at radius 3 is 2.85 bits per heavy atom. The number of nitrogens with zero attached hydrogens (tertiary/aromatic N) is 2. The van der Waals surface area contributed by atoms with E-state index in [2.05, 4.69) is 20.0 Å². The largest absolute Gasteiger partial charge is 0.463 e. The second-order valence-corrected chi connectivity index (χ2v) is 4.63. The fraction of sp³-hybridized carbons (Fsp3) is 0.214. The molecule has 104 valence electrons. The van der Waals surface area contributed by atoms with E-state index >= 15 is 0 Å². The van der Waals surface area contributed by atoms with Gasteiger partial charge < -0.3 is 10.1 Å². The van der Waals surface area contributed by atoms with E-state index in [4.69, 9.17) is 11.6 Å². The quantitative estimate of drug-likeness (QED) is 0.878. The number of aryl methyl sites for hydroxylation is 1. The van der Waals surface area contributed by atoms with Gasteiger partial charge in [0.2, 0.25) is 5.82 Å². The van der Waals surface area contributed by atoms with E-state index < -0.39 is 5.97 Å². The van der Waals surface area contributed by atoms with Gasteiger partial charge in [-0.2, -0.15) is 0 Å². The molecule has 0 atom stereocenters. The van der Waals surface area contributed by atoms with Crippen LogP contribution in [0.1, 0.15) is 21.9 Å². The molecule has 0 aliphatic heterocycles. The Balaban J connectivity index is 2.13. The second-order valence-electron chi connectivity index (χ2n) is 4.19. The zero-order valence-electron chi connectivity index (χ0n) is 11.2. The Kier molecular flexibility index (Phi) is 4.53. The summed E-state index contributed by atoms with van der Waals surface area (Å²) >= 11 is 5.92. The number of rotatable bonds is 4. The third-order valence-electron chi connectivity index (χ3n) is 2.58. The molecule has 0 aliphatic carbocycles. The number of benzene rings is 1. The number of hydrogen-bond donors (Lipinski definition) is 1. The topological polar surface area (TPSA) is 64.1 Å². The lowest BCUT2D eigenvalue weighted by molar-refractivity contribution is 0.0586. The van der Waals surface area contributed by atoms with Gasteiger partial charge in [-0.25, -0.2) is 14.8 Å². The van der Waals surface area contributed by atoms with Crippen molar-refractivity contribution in [3.05, 3.63) is 52.4 Å². The van der Waals surface area contributed by atoms with Crippen LogP contribution in [0.5, 0.6) is 0 Å². The van der Waals surface area contributed by atoms with Crippen molar-refractivity contribution in [2.75, 3.05) is 12.4 Å². The molecule has 0 saturated heterocycles. The number of nitrogens with one attached hydrogen (secondary N) is 1. The van der Waals surface area contributed by atoms with Gasteiger partial charge in [0.15, 0.2) is 0 Å². The maximum Gasteiger partial charge on any atom is 0.376 e. The summed E-state index contributed by atoms with van der Waals surface area (Å²) in [5.41, 5.74) is 1.71. The highest BCUT2D eigenvalue weighted by Crippen LogP contribution is 2.13. The molecule has 0 bridgehead atoms. The fourth-order valence-electron chi connectivity index (χ4n) is 1.68. The van der Waals surface area contributed by atoms with Crippen molar-refractivity contribution in [3.63, 3.8) is 0 Å². The number of ether oxygens (including phenoxy) is 1. The molecular formula is C14H14ClN3O2. The normalized spacial score (nSPS) is 10.2. The molecule has 1 heterocycles. The Morgan fingerprint density at radius 1 is 1.35 bits per heavy atom. The van der Waals surface area contributed by atoms with Gasteiger partial charge in [-0.3, -0.25) is 0 Å². The standard InChI is InChI=1S/C14H14ClN3O2/c1-9-6-12(18-13(17-9)14(19)20-2)16-8-10-4-3-5-11(15)7-10/h3-7H,8H2,1-2H3,(H,16,17,18). The van der Waals surface area contributed by atoms with Gasteiger partial charge in [-0.05, 0) is 24.6 Å². The van der Waals surface area contributed by atoms with Crippen molar-refractivity contribution >= 4 is 23.4 Å².